The summed E-state index contributed by atoms with van der Waals surface area (Å²) in [6, 6.07) is 6.79. The molecule has 0 bridgehead atoms. The molecule has 1 amide bonds. The van der Waals surface area contributed by atoms with Crippen LogP contribution in [0.3, 0.4) is 0 Å². The molecular weight excluding hydrogens is 470 g/mol. The number of carboxylic acids is 1. The molecule has 2 saturated heterocycles. The largest absolute Gasteiger partial charge is 0.479 e. The Kier molecular flexibility index (Phi) is 10.1. The highest BCUT2D eigenvalue weighted by molar-refractivity contribution is 6.30. The first-order chi connectivity index (χ1) is 16.3. The van der Waals surface area contributed by atoms with Crippen molar-refractivity contribution in [1.29, 1.82) is 0 Å². The number of hydrogen-bond donors (Lipinski definition) is 4. The molecule has 10 nitrogen and oxygen atoms in total. The van der Waals surface area contributed by atoms with Gasteiger partial charge < -0.3 is 39.5 Å². The van der Waals surface area contributed by atoms with Gasteiger partial charge in [-0.05, 0) is 37.0 Å². The molecule has 34 heavy (non-hydrogen) atoms. The Morgan fingerprint density at radius 2 is 1.85 bits per heavy atom. The molecule has 1 aromatic rings. The van der Waals surface area contributed by atoms with E-state index in [2.05, 4.69) is 0 Å². The molecular formula is C23H32ClNO9. The maximum Gasteiger partial charge on any atom is 0.335 e. The minimum atomic E-state index is -1.79. The second-order valence-corrected chi connectivity index (χ2v) is 8.94. The Morgan fingerprint density at radius 1 is 1.12 bits per heavy atom. The number of halogens is 1. The molecule has 2 heterocycles. The molecule has 0 saturated carbocycles. The number of aliphatic hydroxyl groups excluding tert-OH is 3. The molecule has 190 valence electrons. The minimum Gasteiger partial charge on any atom is -0.479 e. The van der Waals surface area contributed by atoms with Gasteiger partial charge in [0.25, 0.3) is 0 Å². The van der Waals surface area contributed by atoms with Crippen LogP contribution in [0.15, 0.2) is 24.3 Å². The molecule has 1 unspecified atom stereocenters. The molecule has 2 aliphatic rings. The van der Waals surface area contributed by atoms with Crippen molar-refractivity contribution < 1.29 is 44.2 Å². The molecule has 0 spiro atoms. The van der Waals surface area contributed by atoms with Crippen LogP contribution in [-0.2, 0) is 23.8 Å². The maximum absolute atomic E-state index is 11.9. The van der Waals surface area contributed by atoms with Gasteiger partial charge in [-0.15, -0.1) is 0 Å². The third-order valence-corrected chi connectivity index (χ3v) is 6.27. The first-order valence-corrected chi connectivity index (χ1v) is 11.8. The van der Waals surface area contributed by atoms with E-state index in [1.165, 1.54) is 0 Å². The van der Waals surface area contributed by atoms with Gasteiger partial charge in [-0.25, -0.2) is 4.79 Å². The van der Waals surface area contributed by atoms with Gasteiger partial charge in [0.2, 0.25) is 5.91 Å². The van der Waals surface area contributed by atoms with Crippen molar-refractivity contribution in [3.05, 3.63) is 34.9 Å². The molecule has 0 aromatic heterocycles. The average molecular weight is 502 g/mol. The molecule has 6 atom stereocenters. The van der Waals surface area contributed by atoms with Crippen LogP contribution in [0, 0.1) is 0 Å². The van der Waals surface area contributed by atoms with E-state index >= 15 is 0 Å². The average Bonchev–Trinajstić information content (AvgIpc) is 2.82. The Bertz CT molecular complexity index is 808. The first-order valence-electron chi connectivity index (χ1n) is 11.5. The van der Waals surface area contributed by atoms with Crippen molar-refractivity contribution in [1.82, 2.24) is 4.90 Å². The lowest BCUT2D eigenvalue weighted by molar-refractivity contribution is -0.306. The SMILES string of the molecule is O=C(O)[C@H]1O[C@@H](OC(CCOCCCN2CCCCC2=O)c2ccc(Cl)cc2)[C@H](O)[C@@H](O)[C@@H]1O. The van der Waals surface area contributed by atoms with E-state index in [0.717, 1.165) is 19.4 Å². The van der Waals surface area contributed by atoms with E-state index in [0.29, 0.717) is 43.0 Å². The van der Waals surface area contributed by atoms with Gasteiger partial charge in [-0.1, -0.05) is 23.7 Å². The molecule has 0 radical (unpaired) electrons. The molecule has 0 aliphatic carbocycles. The van der Waals surface area contributed by atoms with Gasteiger partial charge in [-0.2, -0.15) is 0 Å². The van der Waals surface area contributed by atoms with E-state index in [-0.39, 0.29) is 12.5 Å². The lowest BCUT2D eigenvalue weighted by atomic mass is 9.98. The lowest BCUT2D eigenvalue weighted by Crippen LogP contribution is -2.60. The van der Waals surface area contributed by atoms with E-state index in [1.807, 2.05) is 4.90 Å². The summed E-state index contributed by atoms with van der Waals surface area (Å²) in [5.74, 6) is -1.30. The van der Waals surface area contributed by atoms with Crippen molar-refractivity contribution in [3.8, 4) is 0 Å². The molecule has 1 aromatic carbocycles. The fraction of sp³-hybridized carbons (Fsp3) is 0.652. The van der Waals surface area contributed by atoms with E-state index in [1.54, 1.807) is 24.3 Å². The molecule has 11 heteroatoms. The molecule has 2 aliphatic heterocycles. The van der Waals surface area contributed by atoms with Crippen LogP contribution >= 0.6 is 11.6 Å². The van der Waals surface area contributed by atoms with Crippen LogP contribution in [0.4, 0.5) is 0 Å². The van der Waals surface area contributed by atoms with E-state index in [4.69, 9.17) is 25.8 Å². The number of carbonyl (C=O) groups is 2. The fourth-order valence-electron chi connectivity index (χ4n) is 4.07. The summed E-state index contributed by atoms with van der Waals surface area (Å²) in [5.41, 5.74) is 0.690. The van der Waals surface area contributed by atoms with Crippen LogP contribution in [-0.4, -0.2) is 94.2 Å². The minimum absolute atomic E-state index is 0.181. The van der Waals surface area contributed by atoms with Crippen molar-refractivity contribution in [2.24, 2.45) is 0 Å². The summed E-state index contributed by atoms with van der Waals surface area (Å²) in [5, 5.41) is 40.0. The number of piperidine rings is 1. The van der Waals surface area contributed by atoms with Crippen LogP contribution in [0.5, 0.6) is 0 Å². The molecule has 4 N–H and O–H groups in total. The van der Waals surface area contributed by atoms with Gasteiger partial charge in [0.05, 0.1) is 6.10 Å². The molecule has 2 fully saturated rings. The Hall–Kier alpha value is -1.79. The second-order valence-electron chi connectivity index (χ2n) is 8.50. The van der Waals surface area contributed by atoms with Gasteiger partial charge in [0.15, 0.2) is 12.4 Å². The quantitative estimate of drug-likeness (QED) is 0.327. The number of carboxylic acid groups (broad SMARTS) is 1. The number of carbonyl (C=O) groups excluding carboxylic acids is 1. The van der Waals surface area contributed by atoms with Crippen molar-refractivity contribution in [3.63, 3.8) is 0 Å². The van der Waals surface area contributed by atoms with Crippen LogP contribution < -0.4 is 0 Å². The summed E-state index contributed by atoms with van der Waals surface area (Å²) >= 11 is 5.97. The monoisotopic (exact) mass is 501 g/mol. The van der Waals surface area contributed by atoms with Gasteiger partial charge >= 0.3 is 5.97 Å². The normalized spacial score (nSPS) is 28.6. The number of ether oxygens (including phenoxy) is 3. The third-order valence-electron chi connectivity index (χ3n) is 6.02. The van der Waals surface area contributed by atoms with Gasteiger partial charge in [0, 0.05) is 44.2 Å². The van der Waals surface area contributed by atoms with Crippen molar-refractivity contribution in [2.75, 3.05) is 26.3 Å². The highest BCUT2D eigenvalue weighted by atomic mass is 35.5. The lowest BCUT2D eigenvalue weighted by Gasteiger charge is -2.39. The smallest absolute Gasteiger partial charge is 0.335 e. The Balaban J connectivity index is 1.55. The summed E-state index contributed by atoms with van der Waals surface area (Å²) in [7, 11) is 0. The van der Waals surface area contributed by atoms with E-state index < -0.39 is 42.8 Å². The highest BCUT2D eigenvalue weighted by Gasteiger charge is 2.48. The van der Waals surface area contributed by atoms with Crippen LogP contribution in [0.1, 0.15) is 43.8 Å². The summed E-state index contributed by atoms with van der Waals surface area (Å²) < 4.78 is 16.8. The fourth-order valence-corrected chi connectivity index (χ4v) is 4.19. The topological polar surface area (TPSA) is 146 Å². The summed E-state index contributed by atoms with van der Waals surface area (Å²) in [6.07, 6.45) is -5.48. The number of aliphatic carboxylic acids is 1. The maximum atomic E-state index is 11.9. The number of benzene rings is 1. The zero-order valence-corrected chi connectivity index (χ0v) is 19.5. The molecule has 3 rings (SSSR count). The van der Waals surface area contributed by atoms with Crippen LogP contribution in [0.2, 0.25) is 5.02 Å². The number of aliphatic hydroxyl groups is 3. The Morgan fingerprint density at radius 3 is 2.53 bits per heavy atom. The number of hydrogen-bond acceptors (Lipinski definition) is 8. The van der Waals surface area contributed by atoms with Gasteiger partial charge in [0.1, 0.15) is 18.3 Å². The summed E-state index contributed by atoms with van der Waals surface area (Å²) in [6.45, 7) is 2.17. The zero-order valence-electron chi connectivity index (χ0n) is 18.8. The predicted molar refractivity (Wildman–Crippen MR) is 120 cm³/mol. The number of rotatable bonds is 11. The van der Waals surface area contributed by atoms with Gasteiger partial charge in [-0.3, -0.25) is 4.79 Å². The highest BCUT2D eigenvalue weighted by Crippen LogP contribution is 2.30. The Labute approximate surface area is 203 Å². The number of amides is 1. The number of likely N-dealkylation sites (tertiary alicyclic amines) is 1. The standard InChI is InChI=1S/C23H32ClNO9/c24-15-7-5-14(6-8-15)16(9-13-32-12-3-11-25-10-2-1-4-17(25)26)33-23-20(29)18(27)19(28)21(34-23)22(30)31/h5-8,16,18-21,23,27-29H,1-4,9-13H2,(H,30,31)/t16?,18-,19-,20+,21-,23+/m0/s1. The second kappa shape index (κ2) is 12.8. The zero-order chi connectivity index (χ0) is 24.7. The van der Waals surface area contributed by atoms with Crippen molar-refractivity contribution >= 4 is 23.5 Å². The van der Waals surface area contributed by atoms with Crippen molar-refractivity contribution in [2.45, 2.75) is 68.9 Å². The predicted octanol–water partition coefficient (Wildman–Crippen LogP) is 1.10. The number of nitrogens with zero attached hydrogens (tertiary/aromatic N) is 1. The summed E-state index contributed by atoms with van der Waals surface area (Å²) in [4.78, 5) is 25.1. The van der Waals surface area contributed by atoms with Crippen LogP contribution in [0.25, 0.3) is 0 Å². The first kappa shape index (κ1) is 26.8. The van der Waals surface area contributed by atoms with E-state index in [9.17, 15) is 30.0 Å². The third kappa shape index (κ3) is 7.11.